The van der Waals surface area contributed by atoms with Crippen LogP contribution in [0.4, 0.5) is 10.5 Å². The second kappa shape index (κ2) is 10.4. The van der Waals surface area contributed by atoms with Crippen LogP contribution in [-0.2, 0) is 9.84 Å². The zero-order valence-corrected chi connectivity index (χ0v) is 17.6. The van der Waals surface area contributed by atoms with Crippen molar-refractivity contribution in [1.82, 2.24) is 5.32 Å². The van der Waals surface area contributed by atoms with E-state index in [-0.39, 0.29) is 24.0 Å². The zero-order chi connectivity index (χ0) is 21.4. The quantitative estimate of drug-likeness (QED) is 0.562. The highest BCUT2D eigenvalue weighted by atomic mass is 32.2. The molecular formula is C22H28N2O5S. The molecule has 2 aromatic rings. The van der Waals surface area contributed by atoms with Crippen molar-refractivity contribution in [2.24, 2.45) is 5.92 Å². The van der Waals surface area contributed by atoms with Crippen LogP contribution in [0.25, 0.3) is 0 Å². The van der Waals surface area contributed by atoms with Crippen molar-refractivity contribution >= 4 is 21.6 Å². The molecule has 1 atom stereocenters. The Morgan fingerprint density at radius 2 is 1.73 bits per heavy atom. The summed E-state index contributed by atoms with van der Waals surface area (Å²) in [5.41, 5.74) is 0.460. The van der Waals surface area contributed by atoms with E-state index in [0.29, 0.717) is 17.2 Å². The van der Waals surface area contributed by atoms with Gasteiger partial charge in [-0.2, -0.15) is 0 Å². The van der Waals surface area contributed by atoms with Crippen LogP contribution in [-0.4, -0.2) is 43.7 Å². The van der Waals surface area contributed by atoms with Gasteiger partial charge in [-0.25, -0.2) is 13.2 Å². The molecule has 7 nitrogen and oxygen atoms in total. The summed E-state index contributed by atoms with van der Waals surface area (Å²) in [4.78, 5) is 12.2. The molecule has 2 amide bonds. The molecule has 1 saturated carbocycles. The second-order valence-electron chi connectivity index (χ2n) is 7.63. The Labute approximate surface area is 177 Å². The summed E-state index contributed by atoms with van der Waals surface area (Å²) in [7, 11) is -3.35. The van der Waals surface area contributed by atoms with E-state index in [9.17, 15) is 18.3 Å². The number of aliphatic hydroxyl groups excluding tert-OH is 1. The highest BCUT2D eigenvalue weighted by Gasteiger charge is 2.25. The molecule has 1 aliphatic rings. The van der Waals surface area contributed by atoms with Gasteiger partial charge in [0.1, 0.15) is 5.75 Å². The van der Waals surface area contributed by atoms with E-state index in [1.165, 1.54) is 0 Å². The third kappa shape index (κ3) is 7.03. The van der Waals surface area contributed by atoms with Crippen LogP contribution in [0.1, 0.15) is 25.7 Å². The fourth-order valence-electron chi connectivity index (χ4n) is 3.61. The van der Waals surface area contributed by atoms with Crippen molar-refractivity contribution in [1.29, 1.82) is 0 Å². The van der Waals surface area contributed by atoms with Gasteiger partial charge in [0, 0.05) is 6.54 Å². The third-order valence-electron chi connectivity index (χ3n) is 5.02. The molecule has 1 aliphatic carbocycles. The van der Waals surface area contributed by atoms with Crippen LogP contribution in [0.3, 0.4) is 0 Å². The summed E-state index contributed by atoms with van der Waals surface area (Å²) < 4.78 is 30.3. The number of sulfone groups is 1. The maximum absolute atomic E-state index is 12.2. The van der Waals surface area contributed by atoms with Gasteiger partial charge in [-0.05, 0) is 43.0 Å². The van der Waals surface area contributed by atoms with Crippen molar-refractivity contribution < 1.29 is 23.1 Å². The number of aliphatic hydroxyl groups is 1. The fraction of sp³-hybridized carbons (Fsp3) is 0.409. The number of nitrogens with one attached hydrogen (secondary N) is 2. The first-order chi connectivity index (χ1) is 14.4. The maximum Gasteiger partial charge on any atom is 0.319 e. The lowest BCUT2D eigenvalue weighted by Crippen LogP contribution is -2.39. The van der Waals surface area contributed by atoms with Crippen molar-refractivity contribution in [2.45, 2.75) is 31.8 Å². The summed E-state index contributed by atoms with van der Waals surface area (Å²) in [5, 5.41) is 15.3. The predicted octanol–water partition coefficient (Wildman–Crippen LogP) is 3.57. The minimum atomic E-state index is -3.35. The number of rotatable bonds is 9. The molecule has 8 heteroatoms. The molecule has 1 fully saturated rings. The Hall–Kier alpha value is -2.58. The molecule has 3 rings (SSSR count). The molecular weight excluding hydrogens is 404 g/mol. The summed E-state index contributed by atoms with van der Waals surface area (Å²) in [6.07, 6.45) is 2.85. The Balaban J connectivity index is 1.48. The number of amides is 2. The largest absolute Gasteiger partial charge is 0.455 e. The van der Waals surface area contributed by atoms with E-state index in [4.69, 9.17) is 4.74 Å². The van der Waals surface area contributed by atoms with Gasteiger partial charge in [0.25, 0.3) is 0 Å². The Morgan fingerprint density at radius 1 is 1.07 bits per heavy atom. The summed E-state index contributed by atoms with van der Waals surface area (Å²) >= 11 is 0. The van der Waals surface area contributed by atoms with Crippen LogP contribution in [0.2, 0.25) is 0 Å². The number of urea groups is 1. The number of carbonyl (C=O) groups is 1. The smallest absolute Gasteiger partial charge is 0.319 e. The molecule has 162 valence electrons. The minimum Gasteiger partial charge on any atom is -0.455 e. The van der Waals surface area contributed by atoms with Crippen LogP contribution in [0.5, 0.6) is 11.5 Å². The topological polar surface area (TPSA) is 105 Å². The minimum absolute atomic E-state index is 0.112. The first kappa shape index (κ1) is 22.1. The van der Waals surface area contributed by atoms with E-state index in [1.807, 2.05) is 18.2 Å². The van der Waals surface area contributed by atoms with Crippen molar-refractivity contribution in [3.05, 3.63) is 54.6 Å². The summed E-state index contributed by atoms with van der Waals surface area (Å²) in [6, 6.07) is 15.6. The third-order valence-corrected chi connectivity index (χ3v) is 6.89. The molecule has 0 radical (unpaired) electrons. The molecule has 1 unspecified atom stereocenters. The van der Waals surface area contributed by atoms with Crippen LogP contribution < -0.4 is 15.4 Å². The molecule has 30 heavy (non-hydrogen) atoms. The van der Waals surface area contributed by atoms with Crippen LogP contribution in [0, 0.1) is 5.92 Å². The monoisotopic (exact) mass is 432 g/mol. The van der Waals surface area contributed by atoms with Gasteiger partial charge < -0.3 is 20.5 Å². The van der Waals surface area contributed by atoms with Gasteiger partial charge >= 0.3 is 6.03 Å². The normalized spacial score (nSPS) is 15.5. The van der Waals surface area contributed by atoms with E-state index in [0.717, 1.165) is 25.7 Å². The molecule has 2 aromatic carbocycles. The lowest BCUT2D eigenvalue weighted by atomic mass is 10.1. The van der Waals surface area contributed by atoms with Gasteiger partial charge in [-0.1, -0.05) is 43.2 Å². The number of carbonyl (C=O) groups excluding carboxylic acids is 1. The van der Waals surface area contributed by atoms with Crippen molar-refractivity contribution in [3.8, 4) is 11.5 Å². The number of hydrogen-bond acceptors (Lipinski definition) is 5. The van der Waals surface area contributed by atoms with Crippen LogP contribution in [0.15, 0.2) is 54.6 Å². The standard InChI is InChI=1S/C22H28N2O5S/c25-18(16-30(27,28)15-17-8-4-5-9-17)14-23-22(26)24-20-12-6-7-13-21(20)29-19-10-2-1-3-11-19/h1-3,6-7,10-13,17-18,25H,4-5,8-9,14-16H2,(H2,23,24,26). The second-order valence-corrected chi connectivity index (χ2v) is 9.78. The lowest BCUT2D eigenvalue weighted by molar-refractivity contribution is 0.192. The van der Waals surface area contributed by atoms with Gasteiger partial charge in [0.2, 0.25) is 0 Å². The lowest BCUT2D eigenvalue weighted by Gasteiger charge is -2.16. The average molecular weight is 433 g/mol. The first-order valence-corrected chi connectivity index (χ1v) is 12.0. The van der Waals surface area contributed by atoms with Gasteiger partial charge in [-0.15, -0.1) is 0 Å². The Morgan fingerprint density at radius 3 is 2.47 bits per heavy atom. The highest BCUT2D eigenvalue weighted by Crippen LogP contribution is 2.29. The number of hydrogen-bond donors (Lipinski definition) is 3. The molecule has 0 heterocycles. The van der Waals surface area contributed by atoms with Gasteiger partial charge in [0.15, 0.2) is 15.6 Å². The predicted molar refractivity (Wildman–Crippen MR) is 117 cm³/mol. The first-order valence-electron chi connectivity index (χ1n) is 10.2. The fourth-order valence-corrected chi connectivity index (χ4v) is 5.50. The van der Waals surface area contributed by atoms with Crippen molar-refractivity contribution in [3.63, 3.8) is 0 Å². The highest BCUT2D eigenvalue weighted by molar-refractivity contribution is 7.91. The summed E-state index contributed by atoms with van der Waals surface area (Å²) in [5.74, 6) is 1.06. The number of para-hydroxylation sites is 3. The molecule has 0 aromatic heterocycles. The Kier molecular flexibility index (Phi) is 7.70. The SMILES string of the molecule is O=C(NCC(O)CS(=O)(=O)CC1CCCC1)Nc1ccccc1Oc1ccccc1. The van der Waals surface area contributed by atoms with E-state index in [1.54, 1.807) is 36.4 Å². The molecule has 3 N–H and O–H groups in total. The van der Waals surface area contributed by atoms with Gasteiger partial charge in [0.05, 0.1) is 23.3 Å². The summed E-state index contributed by atoms with van der Waals surface area (Å²) in [6.45, 7) is -0.155. The Bertz CT molecular complexity index is 928. The number of anilines is 1. The maximum atomic E-state index is 12.2. The number of benzene rings is 2. The van der Waals surface area contributed by atoms with Crippen molar-refractivity contribution in [2.75, 3.05) is 23.4 Å². The van der Waals surface area contributed by atoms with Crippen LogP contribution >= 0.6 is 0 Å². The number of ether oxygens (including phenoxy) is 1. The molecule has 0 spiro atoms. The molecule has 0 saturated heterocycles. The zero-order valence-electron chi connectivity index (χ0n) is 16.8. The molecule has 0 aliphatic heterocycles. The average Bonchev–Trinajstić information content (AvgIpc) is 3.20. The van der Waals surface area contributed by atoms with E-state index < -0.39 is 22.0 Å². The van der Waals surface area contributed by atoms with E-state index >= 15 is 0 Å². The van der Waals surface area contributed by atoms with E-state index in [2.05, 4.69) is 10.6 Å². The van der Waals surface area contributed by atoms with Gasteiger partial charge in [-0.3, -0.25) is 0 Å². The molecule has 0 bridgehead atoms.